The van der Waals surface area contributed by atoms with Gasteiger partial charge in [0.25, 0.3) is 5.91 Å². The van der Waals surface area contributed by atoms with Crippen molar-refractivity contribution in [3.8, 4) is 5.75 Å². The number of rotatable bonds is 6. The molecule has 2 rings (SSSR count). The van der Waals surface area contributed by atoms with Crippen molar-refractivity contribution in [1.29, 1.82) is 0 Å². The molecule has 0 saturated heterocycles. The largest absolute Gasteiger partial charge is 0.496 e. The van der Waals surface area contributed by atoms with E-state index in [4.69, 9.17) is 4.74 Å². The van der Waals surface area contributed by atoms with Crippen molar-refractivity contribution in [3.63, 3.8) is 0 Å². The molecule has 0 aromatic heterocycles. The zero-order valence-electron chi connectivity index (χ0n) is 14.7. The highest BCUT2D eigenvalue weighted by Gasteiger charge is 2.14. The van der Waals surface area contributed by atoms with Gasteiger partial charge in [-0.15, -0.1) is 11.8 Å². The first-order chi connectivity index (χ1) is 11.9. The number of hydrazone groups is 1. The molecular formula is C19H21BrN2O2S. The topological polar surface area (TPSA) is 50.7 Å². The standard InChI is InChI=1S/C19H21BrN2O2S/c1-12-5-8-16(9-6-12)25-14(3)19(23)22-21-13(2)15-7-10-18(24-4)17(20)11-15/h5-11,14H,1-4H3,(H,22,23)/b21-13-/t14-/m0/s1. The molecule has 0 saturated carbocycles. The van der Waals surface area contributed by atoms with E-state index in [1.54, 1.807) is 7.11 Å². The Bertz CT molecular complexity index is 775. The second kappa shape index (κ2) is 9.06. The van der Waals surface area contributed by atoms with Crippen LogP contribution in [0.1, 0.15) is 25.0 Å². The molecule has 6 heteroatoms. The lowest BCUT2D eigenvalue weighted by atomic mass is 10.1. The van der Waals surface area contributed by atoms with Gasteiger partial charge >= 0.3 is 0 Å². The Morgan fingerprint density at radius 1 is 1.24 bits per heavy atom. The molecule has 0 aliphatic rings. The first-order valence-corrected chi connectivity index (χ1v) is 9.49. The van der Waals surface area contributed by atoms with Crippen molar-refractivity contribution in [2.24, 2.45) is 5.10 Å². The Morgan fingerprint density at radius 2 is 1.92 bits per heavy atom. The van der Waals surface area contributed by atoms with Gasteiger partial charge in [-0.05, 0) is 72.6 Å². The predicted octanol–water partition coefficient (Wildman–Crippen LogP) is 4.79. The summed E-state index contributed by atoms with van der Waals surface area (Å²) in [6.07, 6.45) is 0. The molecule has 132 valence electrons. The van der Waals surface area contributed by atoms with Gasteiger partial charge in [0.15, 0.2) is 0 Å². The molecule has 0 radical (unpaired) electrons. The number of ether oxygens (including phenoxy) is 1. The van der Waals surface area contributed by atoms with Crippen LogP contribution in [-0.2, 0) is 4.79 Å². The van der Waals surface area contributed by atoms with Crippen molar-refractivity contribution < 1.29 is 9.53 Å². The maximum absolute atomic E-state index is 12.2. The van der Waals surface area contributed by atoms with E-state index in [0.717, 1.165) is 26.4 Å². The lowest BCUT2D eigenvalue weighted by Gasteiger charge is -2.11. The number of hydrogen-bond donors (Lipinski definition) is 1. The summed E-state index contributed by atoms with van der Waals surface area (Å²) in [7, 11) is 1.62. The monoisotopic (exact) mass is 420 g/mol. The van der Waals surface area contributed by atoms with Crippen molar-refractivity contribution in [1.82, 2.24) is 5.43 Å². The molecule has 1 N–H and O–H groups in total. The second-order valence-corrected chi connectivity index (χ2v) is 7.86. The van der Waals surface area contributed by atoms with Gasteiger partial charge in [0, 0.05) is 4.90 Å². The zero-order chi connectivity index (χ0) is 18.4. The molecule has 0 bridgehead atoms. The number of nitrogens with zero attached hydrogens (tertiary/aromatic N) is 1. The molecule has 0 spiro atoms. The molecule has 4 nitrogen and oxygen atoms in total. The highest BCUT2D eigenvalue weighted by molar-refractivity contribution is 9.10. The molecule has 0 aliphatic carbocycles. The predicted molar refractivity (Wildman–Crippen MR) is 108 cm³/mol. The van der Waals surface area contributed by atoms with E-state index in [1.807, 2.05) is 63.2 Å². The van der Waals surface area contributed by atoms with Crippen LogP contribution >= 0.6 is 27.7 Å². The number of aryl methyl sites for hydroxylation is 1. The fourth-order valence-corrected chi connectivity index (χ4v) is 3.46. The quantitative estimate of drug-likeness (QED) is 0.415. The van der Waals surface area contributed by atoms with Crippen molar-refractivity contribution in [2.75, 3.05) is 7.11 Å². The van der Waals surface area contributed by atoms with Gasteiger partial charge in [-0.3, -0.25) is 4.79 Å². The molecule has 0 heterocycles. The van der Waals surface area contributed by atoms with E-state index in [-0.39, 0.29) is 11.2 Å². The summed E-state index contributed by atoms with van der Waals surface area (Å²) < 4.78 is 6.06. The van der Waals surface area contributed by atoms with E-state index in [9.17, 15) is 4.79 Å². The highest BCUT2D eigenvalue weighted by atomic mass is 79.9. The maximum atomic E-state index is 12.2. The van der Waals surface area contributed by atoms with Crippen LogP contribution in [0.2, 0.25) is 0 Å². The van der Waals surface area contributed by atoms with E-state index in [1.165, 1.54) is 17.3 Å². The normalized spacial score (nSPS) is 12.6. The van der Waals surface area contributed by atoms with Crippen molar-refractivity contribution in [2.45, 2.75) is 30.9 Å². The molecule has 0 aliphatic heterocycles. The van der Waals surface area contributed by atoms with Crippen LogP contribution in [0.5, 0.6) is 5.75 Å². The summed E-state index contributed by atoms with van der Waals surface area (Å²) >= 11 is 4.96. The Morgan fingerprint density at radius 3 is 2.52 bits per heavy atom. The number of methoxy groups -OCH3 is 1. The second-order valence-electron chi connectivity index (χ2n) is 5.60. The van der Waals surface area contributed by atoms with Gasteiger partial charge in [-0.25, -0.2) is 5.43 Å². The van der Waals surface area contributed by atoms with Crippen LogP contribution in [0.3, 0.4) is 0 Å². The molecule has 0 fully saturated rings. The Kier molecular flexibility index (Phi) is 7.08. The molecule has 2 aromatic rings. The van der Waals surface area contributed by atoms with E-state index in [0.29, 0.717) is 0 Å². The zero-order valence-corrected chi connectivity index (χ0v) is 17.1. The number of halogens is 1. The summed E-state index contributed by atoms with van der Waals surface area (Å²) in [5, 5.41) is 3.98. The van der Waals surface area contributed by atoms with Gasteiger partial charge in [0.2, 0.25) is 0 Å². The number of nitrogens with one attached hydrogen (secondary N) is 1. The number of hydrogen-bond acceptors (Lipinski definition) is 4. The van der Waals surface area contributed by atoms with Crippen LogP contribution in [0, 0.1) is 6.92 Å². The van der Waals surface area contributed by atoms with Gasteiger partial charge < -0.3 is 4.74 Å². The molecule has 1 amide bonds. The number of thioether (sulfide) groups is 1. The number of carbonyl (C=O) groups is 1. The third kappa shape index (κ3) is 5.61. The smallest absolute Gasteiger partial charge is 0.253 e. The molecule has 2 aromatic carbocycles. The van der Waals surface area contributed by atoms with Gasteiger partial charge in [-0.2, -0.15) is 5.10 Å². The van der Waals surface area contributed by atoms with Crippen LogP contribution in [-0.4, -0.2) is 24.0 Å². The fraction of sp³-hybridized carbons (Fsp3) is 0.263. The van der Waals surface area contributed by atoms with Crippen LogP contribution in [0.4, 0.5) is 0 Å². The van der Waals surface area contributed by atoms with E-state index < -0.39 is 0 Å². The first kappa shape index (κ1) is 19.5. The Balaban J connectivity index is 1.98. The van der Waals surface area contributed by atoms with Crippen LogP contribution in [0.15, 0.2) is 56.9 Å². The third-order valence-electron chi connectivity index (χ3n) is 3.61. The minimum atomic E-state index is -0.234. The van der Waals surface area contributed by atoms with Crippen LogP contribution < -0.4 is 10.2 Å². The SMILES string of the molecule is COc1ccc(/C(C)=N\NC(=O)[C@H](C)Sc2ccc(C)cc2)cc1Br. The van der Waals surface area contributed by atoms with E-state index >= 15 is 0 Å². The number of benzene rings is 2. The fourth-order valence-electron chi connectivity index (χ4n) is 2.06. The summed E-state index contributed by atoms with van der Waals surface area (Å²) in [5.41, 5.74) is 5.48. The maximum Gasteiger partial charge on any atom is 0.253 e. The number of carbonyl (C=O) groups excluding carboxylic acids is 1. The van der Waals surface area contributed by atoms with Crippen LogP contribution in [0.25, 0.3) is 0 Å². The average molecular weight is 421 g/mol. The first-order valence-electron chi connectivity index (χ1n) is 7.82. The number of amides is 1. The molecular weight excluding hydrogens is 400 g/mol. The summed E-state index contributed by atoms with van der Waals surface area (Å²) in [5.74, 6) is 0.626. The minimum Gasteiger partial charge on any atom is -0.496 e. The summed E-state index contributed by atoms with van der Waals surface area (Å²) in [6.45, 7) is 5.76. The van der Waals surface area contributed by atoms with Gasteiger partial charge in [0.1, 0.15) is 5.75 Å². The summed E-state index contributed by atoms with van der Waals surface area (Å²) in [6, 6.07) is 13.8. The lowest BCUT2D eigenvalue weighted by Crippen LogP contribution is -2.27. The van der Waals surface area contributed by atoms with E-state index in [2.05, 4.69) is 26.5 Å². The van der Waals surface area contributed by atoms with Gasteiger partial charge in [0.05, 0.1) is 22.5 Å². The molecule has 1 atom stereocenters. The molecule has 25 heavy (non-hydrogen) atoms. The van der Waals surface area contributed by atoms with Crippen molar-refractivity contribution >= 4 is 39.3 Å². The van der Waals surface area contributed by atoms with Crippen molar-refractivity contribution in [3.05, 3.63) is 58.1 Å². The Hall–Kier alpha value is -1.79. The Labute approximate surface area is 161 Å². The lowest BCUT2D eigenvalue weighted by molar-refractivity contribution is -0.120. The minimum absolute atomic E-state index is 0.127. The molecule has 0 unspecified atom stereocenters. The average Bonchev–Trinajstić information content (AvgIpc) is 2.61. The highest BCUT2D eigenvalue weighted by Crippen LogP contribution is 2.26. The summed E-state index contributed by atoms with van der Waals surface area (Å²) in [4.78, 5) is 13.3. The van der Waals surface area contributed by atoms with Gasteiger partial charge in [-0.1, -0.05) is 17.7 Å². The third-order valence-corrected chi connectivity index (χ3v) is 5.34.